The molecule has 2 aromatic carbocycles. The number of nitrogens with one attached hydrogen (secondary N) is 2. The summed E-state index contributed by atoms with van der Waals surface area (Å²) in [6, 6.07) is 10.9. The van der Waals surface area contributed by atoms with Gasteiger partial charge in [0.2, 0.25) is 11.9 Å². The topological polar surface area (TPSA) is 107 Å². The standard InChI is InChI=1S/C23H25N5O4/c1-4-31-19-10-16(17-11-20(29)27-23-24-13-25-28(17)23)8-9-18(19)32-12-21(30)26-22-14(2)6-5-7-15(22)3/h5-10,13,17H,4,11-12H2,1-3H3,(H,26,30)(H,24,25,27,29)/t17-/m1/s1. The number of aromatic nitrogens is 3. The number of rotatable bonds is 7. The van der Waals surface area contributed by atoms with E-state index in [1.54, 1.807) is 10.7 Å². The number of hydrogen-bond acceptors (Lipinski definition) is 6. The molecular weight excluding hydrogens is 410 g/mol. The number of aryl methyl sites for hydroxylation is 2. The smallest absolute Gasteiger partial charge is 0.262 e. The van der Waals surface area contributed by atoms with Gasteiger partial charge in [0.15, 0.2) is 18.1 Å². The minimum Gasteiger partial charge on any atom is -0.490 e. The number of hydrogen-bond donors (Lipinski definition) is 2. The number of ether oxygens (including phenoxy) is 2. The van der Waals surface area contributed by atoms with Gasteiger partial charge >= 0.3 is 0 Å². The molecule has 166 valence electrons. The Morgan fingerprint density at radius 3 is 2.72 bits per heavy atom. The molecule has 1 atom stereocenters. The largest absolute Gasteiger partial charge is 0.490 e. The molecule has 3 aromatic rings. The molecule has 1 aliphatic rings. The van der Waals surface area contributed by atoms with Crippen LogP contribution in [0.3, 0.4) is 0 Å². The average Bonchev–Trinajstić information content (AvgIpc) is 3.23. The molecule has 2 N–H and O–H groups in total. The van der Waals surface area contributed by atoms with Crippen molar-refractivity contribution in [3.8, 4) is 11.5 Å². The van der Waals surface area contributed by atoms with Crippen LogP contribution in [0.4, 0.5) is 11.6 Å². The molecule has 0 aliphatic carbocycles. The molecule has 9 heteroatoms. The maximum absolute atomic E-state index is 12.5. The number of para-hydroxylation sites is 1. The van der Waals surface area contributed by atoms with Gasteiger partial charge in [-0.2, -0.15) is 10.1 Å². The van der Waals surface area contributed by atoms with E-state index >= 15 is 0 Å². The van der Waals surface area contributed by atoms with E-state index in [1.165, 1.54) is 6.33 Å². The Labute approximate surface area is 185 Å². The van der Waals surface area contributed by atoms with Gasteiger partial charge in [-0.1, -0.05) is 24.3 Å². The summed E-state index contributed by atoms with van der Waals surface area (Å²) in [6.45, 7) is 6.02. The molecule has 1 aromatic heterocycles. The molecule has 0 bridgehead atoms. The summed E-state index contributed by atoms with van der Waals surface area (Å²) in [5, 5.41) is 9.84. The molecular formula is C23H25N5O4. The monoisotopic (exact) mass is 435 g/mol. The maximum Gasteiger partial charge on any atom is 0.262 e. The highest BCUT2D eigenvalue weighted by Crippen LogP contribution is 2.35. The van der Waals surface area contributed by atoms with Crippen LogP contribution in [0.5, 0.6) is 11.5 Å². The summed E-state index contributed by atoms with van der Waals surface area (Å²) in [6.07, 6.45) is 1.64. The lowest BCUT2D eigenvalue weighted by Crippen LogP contribution is -2.29. The Morgan fingerprint density at radius 1 is 1.19 bits per heavy atom. The normalized spacial score (nSPS) is 15.0. The molecule has 4 rings (SSSR count). The van der Waals surface area contributed by atoms with Crippen molar-refractivity contribution in [1.29, 1.82) is 0 Å². The fourth-order valence-corrected chi connectivity index (χ4v) is 3.71. The van der Waals surface area contributed by atoms with E-state index in [0.29, 0.717) is 24.1 Å². The maximum atomic E-state index is 12.5. The van der Waals surface area contributed by atoms with Crippen molar-refractivity contribution < 1.29 is 19.1 Å². The van der Waals surface area contributed by atoms with Crippen molar-refractivity contribution in [2.75, 3.05) is 23.8 Å². The van der Waals surface area contributed by atoms with E-state index in [9.17, 15) is 9.59 Å². The molecule has 2 amide bonds. The van der Waals surface area contributed by atoms with Crippen molar-refractivity contribution in [2.45, 2.75) is 33.2 Å². The summed E-state index contributed by atoms with van der Waals surface area (Å²) in [7, 11) is 0. The Morgan fingerprint density at radius 2 is 1.97 bits per heavy atom. The third kappa shape index (κ3) is 4.41. The molecule has 0 unspecified atom stereocenters. The third-order valence-electron chi connectivity index (χ3n) is 5.25. The first-order valence-corrected chi connectivity index (χ1v) is 10.4. The molecule has 1 aliphatic heterocycles. The van der Waals surface area contributed by atoms with Crippen molar-refractivity contribution >= 4 is 23.5 Å². The second-order valence-electron chi connectivity index (χ2n) is 7.54. The molecule has 9 nitrogen and oxygen atoms in total. The van der Waals surface area contributed by atoms with Crippen LogP contribution in [0, 0.1) is 13.8 Å². The van der Waals surface area contributed by atoms with Crippen LogP contribution >= 0.6 is 0 Å². The summed E-state index contributed by atoms with van der Waals surface area (Å²) < 4.78 is 13.2. The van der Waals surface area contributed by atoms with Crippen LogP contribution in [0.2, 0.25) is 0 Å². The van der Waals surface area contributed by atoms with Crippen LogP contribution in [0.15, 0.2) is 42.7 Å². The summed E-state index contributed by atoms with van der Waals surface area (Å²) >= 11 is 0. The Bertz CT molecular complexity index is 1140. The Kier molecular flexibility index (Phi) is 6.07. The lowest BCUT2D eigenvalue weighted by atomic mass is 10.0. The van der Waals surface area contributed by atoms with E-state index in [4.69, 9.17) is 9.47 Å². The fraction of sp³-hybridized carbons (Fsp3) is 0.304. The van der Waals surface area contributed by atoms with Crippen molar-refractivity contribution in [2.24, 2.45) is 0 Å². The predicted octanol–water partition coefficient (Wildman–Crippen LogP) is 3.24. The van der Waals surface area contributed by atoms with E-state index < -0.39 is 0 Å². The number of carbonyl (C=O) groups is 2. The van der Waals surface area contributed by atoms with E-state index in [2.05, 4.69) is 20.7 Å². The van der Waals surface area contributed by atoms with Gasteiger partial charge in [-0.15, -0.1) is 0 Å². The van der Waals surface area contributed by atoms with Gasteiger partial charge in [0.1, 0.15) is 6.33 Å². The Balaban J connectivity index is 1.50. The summed E-state index contributed by atoms with van der Waals surface area (Å²) in [4.78, 5) is 28.6. The van der Waals surface area contributed by atoms with Crippen molar-refractivity contribution in [3.63, 3.8) is 0 Å². The SMILES string of the molecule is CCOc1cc([C@H]2CC(=O)Nc3ncnn32)ccc1OCC(=O)Nc1c(C)cccc1C. The minimum atomic E-state index is -0.304. The molecule has 0 saturated heterocycles. The second-order valence-corrected chi connectivity index (χ2v) is 7.54. The van der Waals surface area contributed by atoms with Gasteiger partial charge in [0.05, 0.1) is 19.1 Å². The molecule has 0 spiro atoms. The lowest BCUT2D eigenvalue weighted by Gasteiger charge is -2.24. The number of nitrogens with zero attached hydrogens (tertiary/aromatic N) is 3. The Hall–Kier alpha value is -3.88. The zero-order chi connectivity index (χ0) is 22.7. The highest BCUT2D eigenvalue weighted by molar-refractivity contribution is 5.93. The van der Waals surface area contributed by atoms with Crippen LogP contribution in [0.1, 0.15) is 36.1 Å². The van der Waals surface area contributed by atoms with E-state index in [0.717, 1.165) is 22.4 Å². The number of amides is 2. The first-order valence-electron chi connectivity index (χ1n) is 10.4. The van der Waals surface area contributed by atoms with Crippen LogP contribution in [-0.2, 0) is 9.59 Å². The molecule has 2 heterocycles. The zero-order valence-corrected chi connectivity index (χ0v) is 18.2. The fourth-order valence-electron chi connectivity index (χ4n) is 3.71. The second kappa shape index (κ2) is 9.09. The van der Waals surface area contributed by atoms with Crippen LogP contribution < -0.4 is 20.1 Å². The highest BCUT2D eigenvalue weighted by atomic mass is 16.5. The number of fused-ring (bicyclic) bond motifs is 1. The van der Waals surface area contributed by atoms with Crippen molar-refractivity contribution in [3.05, 3.63) is 59.4 Å². The predicted molar refractivity (Wildman–Crippen MR) is 119 cm³/mol. The van der Waals surface area contributed by atoms with E-state index in [-0.39, 0.29) is 30.9 Å². The van der Waals surface area contributed by atoms with Gasteiger partial charge in [-0.3, -0.25) is 14.9 Å². The molecule has 0 fully saturated rings. The summed E-state index contributed by atoms with van der Waals surface area (Å²) in [5.74, 6) is 0.971. The average molecular weight is 435 g/mol. The van der Waals surface area contributed by atoms with Crippen LogP contribution in [-0.4, -0.2) is 39.8 Å². The van der Waals surface area contributed by atoms with Gasteiger partial charge < -0.3 is 14.8 Å². The van der Waals surface area contributed by atoms with Gasteiger partial charge in [-0.25, -0.2) is 4.68 Å². The first-order chi connectivity index (χ1) is 15.5. The number of anilines is 2. The first kappa shape index (κ1) is 21.4. The van der Waals surface area contributed by atoms with Crippen LogP contribution in [0.25, 0.3) is 0 Å². The molecule has 0 radical (unpaired) electrons. The molecule has 0 saturated carbocycles. The van der Waals surface area contributed by atoms with Gasteiger partial charge in [0, 0.05) is 5.69 Å². The minimum absolute atomic E-state index is 0.128. The summed E-state index contributed by atoms with van der Waals surface area (Å²) in [5.41, 5.74) is 3.60. The quantitative estimate of drug-likeness (QED) is 0.590. The number of carbonyl (C=O) groups excluding carboxylic acids is 2. The highest BCUT2D eigenvalue weighted by Gasteiger charge is 2.28. The lowest BCUT2D eigenvalue weighted by molar-refractivity contribution is -0.118. The third-order valence-corrected chi connectivity index (χ3v) is 5.25. The zero-order valence-electron chi connectivity index (χ0n) is 18.2. The molecule has 32 heavy (non-hydrogen) atoms. The van der Waals surface area contributed by atoms with Gasteiger partial charge in [0.25, 0.3) is 5.91 Å². The van der Waals surface area contributed by atoms with Gasteiger partial charge in [-0.05, 0) is 49.6 Å². The van der Waals surface area contributed by atoms with Crippen molar-refractivity contribution in [1.82, 2.24) is 14.8 Å². The van der Waals surface area contributed by atoms with E-state index in [1.807, 2.05) is 51.1 Å². The number of benzene rings is 2.